The van der Waals surface area contributed by atoms with Crippen molar-refractivity contribution in [1.29, 1.82) is 0 Å². The third kappa shape index (κ3) is 3.14. The molecule has 1 aliphatic rings. The van der Waals surface area contributed by atoms with Crippen molar-refractivity contribution < 1.29 is 0 Å². The summed E-state index contributed by atoms with van der Waals surface area (Å²) in [5, 5.41) is 6.97. The second kappa shape index (κ2) is 5.72. The maximum absolute atomic E-state index is 4.42. The van der Waals surface area contributed by atoms with E-state index in [0.29, 0.717) is 0 Å². The number of aromatic nitrogens is 2. The van der Waals surface area contributed by atoms with Crippen LogP contribution in [0.5, 0.6) is 0 Å². The Balaban J connectivity index is 1.50. The Labute approximate surface area is 114 Å². The van der Waals surface area contributed by atoms with Crippen LogP contribution in [0.4, 0.5) is 0 Å². The molecule has 4 heteroatoms. The number of aromatic amines is 1. The number of benzene rings is 1. The van der Waals surface area contributed by atoms with Crippen molar-refractivity contribution in [3.63, 3.8) is 0 Å². The molecule has 1 saturated heterocycles. The molecule has 102 valence electrons. The molecule has 0 saturated carbocycles. The molecule has 1 aliphatic heterocycles. The minimum atomic E-state index is 0.817. The van der Waals surface area contributed by atoms with Gasteiger partial charge in [0.25, 0.3) is 0 Å². The second-order valence-corrected chi connectivity index (χ2v) is 5.49. The SMILES string of the molecule is Cc1nc2ccc(CCNCC3CCNC3)cc2[nH]1. The molecule has 2 heterocycles. The molecule has 1 aromatic heterocycles. The molecule has 19 heavy (non-hydrogen) atoms. The first-order valence-corrected chi connectivity index (χ1v) is 7.18. The summed E-state index contributed by atoms with van der Waals surface area (Å²) in [6.07, 6.45) is 2.39. The summed E-state index contributed by atoms with van der Waals surface area (Å²) in [4.78, 5) is 7.72. The Morgan fingerprint density at radius 2 is 2.37 bits per heavy atom. The number of imidazole rings is 1. The van der Waals surface area contributed by atoms with Gasteiger partial charge in [0, 0.05) is 0 Å². The van der Waals surface area contributed by atoms with Crippen LogP contribution in [0.15, 0.2) is 18.2 Å². The van der Waals surface area contributed by atoms with Gasteiger partial charge in [0.1, 0.15) is 5.82 Å². The van der Waals surface area contributed by atoms with E-state index in [2.05, 4.69) is 38.8 Å². The minimum Gasteiger partial charge on any atom is -0.342 e. The molecule has 0 amide bonds. The van der Waals surface area contributed by atoms with Crippen molar-refractivity contribution in [3.05, 3.63) is 29.6 Å². The maximum atomic E-state index is 4.42. The number of fused-ring (bicyclic) bond motifs is 1. The zero-order valence-corrected chi connectivity index (χ0v) is 11.5. The van der Waals surface area contributed by atoms with Crippen LogP contribution in [-0.2, 0) is 6.42 Å². The fraction of sp³-hybridized carbons (Fsp3) is 0.533. The lowest BCUT2D eigenvalue weighted by molar-refractivity contribution is 0.515. The van der Waals surface area contributed by atoms with Crippen molar-refractivity contribution in [3.8, 4) is 0 Å². The van der Waals surface area contributed by atoms with Gasteiger partial charge in [-0.3, -0.25) is 0 Å². The van der Waals surface area contributed by atoms with Crippen molar-refractivity contribution in [2.24, 2.45) is 5.92 Å². The van der Waals surface area contributed by atoms with Gasteiger partial charge in [-0.1, -0.05) is 6.07 Å². The van der Waals surface area contributed by atoms with E-state index < -0.39 is 0 Å². The molecule has 0 aliphatic carbocycles. The fourth-order valence-electron chi connectivity index (χ4n) is 2.77. The summed E-state index contributed by atoms with van der Waals surface area (Å²) in [6, 6.07) is 6.50. The Morgan fingerprint density at radius 3 is 3.21 bits per heavy atom. The smallest absolute Gasteiger partial charge is 0.104 e. The van der Waals surface area contributed by atoms with Gasteiger partial charge in [-0.25, -0.2) is 4.98 Å². The van der Waals surface area contributed by atoms with E-state index in [1.54, 1.807) is 0 Å². The third-order valence-electron chi connectivity index (χ3n) is 3.85. The zero-order valence-electron chi connectivity index (χ0n) is 11.5. The topological polar surface area (TPSA) is 52.7 Å². The lowest BCUT2D eigenvalue weighted by atomic mass is 10.1. The van der Waals surface area contributed by atoms with Gasteiger partial charge in [-0.2, -0.15) is 0 Å². The van der Waals surface area contributed by atoms with Crippen molar-refractivity contribution >= 4 is 11.0 Å². The van der Waals surface area contributed by atoms with E-state index >= 15 is 0 Å². The van der Waals surface area contributed by atoms with Crippen LogP contribution in [0.25, 0.3) is 11.0 Å². The fourth-order valence-corrected chi connectivity index (χ4v) is 2.77. The highest BCUT2D eigenvalue weighted by molar-refractivity contribution is 5.75. The molecule has 4 nitrogen and oxygen atoms in total. The molecule has 1 atom stereocenters. The van der Waals surface area contributed by atoms with Crippen molar-refractivity contribution in [2.45, 2.75) is 19.8 Å². The van der Waals surface area contributed by atoms with E-state index in [0.717, 1.165) is 42.3 Å². The summed E-state index contributed by atoms with van der Waals surface area (Å²) in [5.41, 5.74) is 3.58. The first-order chi connectivity index (χ1) is 9.31. The first kappa shape index (κ1) is 12.6. The zero-order chi connectivity index (χ0) is 13.1. The second-order valence-electron chi connectivity index (χ2n) is 5.49. The van der Waals surface area contributed by atoms with E-state index in [4.69, 9.17) is 0 Å². The molecule has 2 aromatic rings. The summed E-state index contributed by atoms with van der Waals surface area (Å²) in [6.45, 7) is 6.54. The van der Waals surface area contributed by atoms with Gasteiger partial charge in [-0.15, -0.1) is 0 Å². The molecule has 1 unspecified atom stereocenters. The third-order valence-corrected chi connectivity index (χ3v) is 3.85. The maximum Gasteiger partial charge on any atom is 0.104 e. The molecule has 3 rings (SSSR count). The Bertz CT molecular complexity index is 540. The number of H-pyrrole nitrogens is 1. The van der Waals surface area contributed by atoms with Crippen LogP contribution in [0.2, 0.25) is 0 Å². The highest BCUT2D eigenvalue weighted by atomic mass is 14.9. The summed E-state index contributed by atoms with van der Waals surface area (Å²) in [5.74, 6) is 1.80. The summed E-state index contributed by atoms with van der Waals surface area (Å²) >= 11 is 0. The van der Waals surface area contributed by atoms with E-state index in [1.807, 2.05) is 6.92 Å². The average Bonchev–Trinajstić information content (AvgIpc) is 3.02. The van der Waals surface area contributed by atoms with Crippen LogP contribution in [0, 0.1) is 12.8 Å². The number of hydrogen-bond acceptors (Lipinski definition) is 3. The lowest BCUT2D eigenvalue weighted by Gasteiger charge is -2.09. The van der Waals surface area contributed by atoms with Gasteiger partial charge >= 0.3 is 0 Å². The molecule has 0 bridgehead atoms. The van der Waals surface area contributed by atoms with Crippen molar-refractivity contribution in [2.75, 3.05) is 26.2 Å². The molecule has 0 radical (unpaired) electrons. The van der Waals surface area contributed by atoms with E-state index in [9.17, 15) is 0 Å². The van der Waals surface area contributed by atoms with Crippen LogP contribution in [0.3, 0.4) is 0 Å². The normalized spacial score (nSPS) is 19.3. The monoisotopic (exact) mass is 258 g/mol. The largest absolute Gasteiger partial charge is 0.342 e. The molecule has 0 spiro atoms. The molecule has 3 N–H and O–H groups in total. The number of nitrogens with one attached hydrogen (secondary N) is 3. The van der Waals surface area contributed by atoms with Crippen LogP contribution in [0.1, 0.15) is 17.8 Å². The standard InChI is InChI=1S/C15H22N4/c1-11-18-14-3-2-12(8-15(14)19-11)4-6-16-9-13-5-7-17-10-13/h2-3,8,13,16-17H,4-7,9-10H2,1H3,(H,18,19). The van der Waals surface area contributed by atoms with Crippen molar-refractivity contribution in [1.82, 2.24) is 20.6 Å². The van der Waals surface area contributed by atoms with Gasteiger partial charge < -0.3 is 15.6 Å². The van der Waals surface area contributed by atoms with Gasteiger partial charge in [0.05, 0.1) is 11.0 Å². The predicted octanol–water partition coefficient (Wildman–Crippen LogP) is 1.61. The Morgan fingerprint density at radius 1 is 1.42 bits per heavy atom. The van der Waals surface area contributed by atoms with Gasteiger partial charge in [0.15, 0.2) is 0 Å². The molecule has 1 aromatic carbocycles. The molecular formula is C15H22N4. The van der Waals surface area contributed by atoms with E-state index in [-0.39, 0.29) is 0 Å². The summed E-state index contributed by atoms with van der Waals surface area (Å²) < 4.78 is 0. The highest BCUT2D eigenvalue weighted by Crippen LogP contribution is 2.13. The first-order valence-electron chi connectivity index (χ1n) is 7.18. The Hall–Kier alpha value is -1.39. The molecular weight excluding hydrogens is 236 g/mol. The average molecular weight is 258 g/mol. The number of aryl methyl sites for hydroxylation is 1. The number of rotatable bonds is 5. The van der Waals surface area contributed by atoms with Gasteiger partial charge in [0.2, 0.25) is 0 Å². The quantitative estimate of drug-likeness (QED) is 0.714. The lowest BCUT2D eigenvalue weighted by Crippen LogP contribution is -2.26. The molecule has 1 fully saturated rings. The van der Waals surface area contributed by atoms with Gasteiger partial charge in [-0.05, 0) is 69.6 Å². The predicted molar refractivity (Wildman–Crippen MR) is 78.4 cm³/mol. The summed E-state index contributed by atoms with van der Waals surface area (Å²) in [7, 11) is 0. The highest BCUT2D eigenvalue weighted by Gasteiger charge is 2.13. The minimum absolute atomic E-state index is 0.817. The van der Waals surface area contributed by atoms with Crippen LogP contribution in [-0.4, -0.2) is 36.1 Å². The van der Waals surface area contributed by atoms with Crippen LogP contribution < -0.4 is 10.6 Å². The van der Waals surface area contributed by atoms with Crippen LogP contribution >= 0.6 is 0 Å². The number of hydrogen-bond donors (Lipinski definition) is 3. The van der Waals surface area contributed by atoms with E-state index in [1.165, 1.54) is 25.1 Å². The Kier molecular flexibility index (Phi) is 3.80. The number of nitrogens with zero attached hydrogens (tertiary/aromatic N) is 1.